The van der Waals surface area contributed by atoms with Crippen LogP contribution in [-0.2, 0) is 10.8 Å². The molecule has 0 saturated carbocycles. The van der Waals surface area contributed by atoms with Crippen LogP contribution in [0.2, 0.25) is 0 Å². The molecule has 0 atom stereocenters. The van der Waals surface area contributed by atoms with E-state index in [2.05, 4.69) is 378 Å². The Morgan fingerprint density at radius 1 is 0.167 bits per heavy atom. The Bertz CT molecular complexity index is 7980. The minimum Gasteiger partial charge on any atom is -0.208 e. The molecule has 20 aromatic carbocycles. The zero-order valence-electron chi connectivity index (χ0n) is 65.8. The Kier molecular flexibility index (Phi) is 15.5. The van der Waals surface area contributed by atoms with Crippen molar-refractivity contribution in [2.75, 3.05) is 0 Å². The molecule has 2 aliphatic carbocycles. The normalized spacial score (nSPS) is 13.1. The van der Waals surface area contributed by atoms with E-state index in [1.165, 1.54) is 136 Å². The molecule has 0 bridgehead atoms. The van der Waals surface area contributed by atoms with Gasteiger partial charge in [0.05, 0.1) is 5.41 Å². The van der Waals surface area contributed by atoms with Crippen molar-refractivity contribution in [3.8, 4) is 124 Å². The van der Waals surface area contributed by atoms with Gasteiger partial charge in [-0.25, -0.2) is 29.9 Å². The first-order valence-corrected chi connectivity index (χ1v) is 41.3. The van der Waals surface area contributed by atoms with Gasteiger partial charge in [0.25, 0.3) is 0 Å². The fraction of sp³-hybridized carbons (Fsp3) is 0.0351. The summed E-state index contributed by atoms with van der Waals surface area (Å²) in [5.41, 5.74) is 23.7. The van der Waals surface area contributed by atoms with E-state index >= 15 is 0 Å². The second-order valence-corrected chi connectivity index (χ2v) is 32.6. The molecular weight excluding hydrogens is 1450 g/mol. The molecule has 6 heteroatoms. The van der Waals surface area contributed by atoms with Crippen LogP contribution in [0.5, 0.6) is 0 Å². The summed E-state index contributed by atoms with van der Waals surface area (Å²) in [5.74, 6) is 3.71. The molecule has 0 amide bonds. The first-order chi connectivity index (χ1) is 59.3. The maximum atomic E-state index is 5.45. The summed E-state index contributed by atoms with van der Waals surface area (Å²) in [4.78, 5) is 32.2. The predicted molar refractivity (Wildman–Crippen MR) is 497 cm³/mol. The lowest BCUT2D eigenvalue weighted by molar-refractivity contribution is 0.661. The Labute approximate surface area is 693 Å². The van der Waals surface area contributed by atoms with Gasteiger partial charge in [-0.15, -0.1) is 0 Å². The van der Waals surface area contributed by atoms with E-state index in [1.807, 2.05) is 36.4 Å². The van der Waals surface area contributed by atoms with Gasteiger partial charge in [0.2, 0.25) is 0 Å². The summed E-state index contributed by atoms with van der Waals surface area (Å²) in [6.07, 6.45) is 0. The van der Waals surface area contributed by atoms with E-state index < -0.39 is 5.41 Å². The summed E-state index contributed by atoms with van der Waals surface area (Å²) in [5, 5.41) is 19.3. The second-order valence-electron chi connectivity index (χ2n) is 32.6. The molecule has 2 aliphatic rings. The van der Waals surface area contributed by atoms with Crippen LogP contribution in [0.3, 0.4) is 0 Å². The zero-order valence-corrected chi connectivity index (χ0v) is 65.8. The highest BCUT2D eigenvalue weighted by Gasteiger charge is 2.46. The number of rotatable bonds is 11. The minimum atomic E-state index is -0.590. The number of benzene rings is 20. The van der Waals surface area contributed by atoms with Crippen molar-refractivity contribution in [1.82, 2.24) is 29.9 Å². The van der Waals surface area contributed by atoms with E-state index in [0.717, 1.165) is 72.1 Å². The van der Waals surface area contributed by atoms with E-state index in [0.29, 0.717) is 34.9 Å². The van der Waals surface area contributed by atoms with Gasteiger partial charge in [-0.1, -0.05) is 390 Å². The molecule has 0 fully saturated rings. The smallest absolute Gasteiger partial charge is 0.164 e. The average molecular weight is 1530 g/mol. The molecule has 24 rings (SSSR count). The highest BCUT2D eigenvalue weighted by atomic mass is 15.0. The molecule has 6 nitrogen and oxygen atoms in total. The van der Waals surface area contributed by atoms with Crippen LogP contribution in [0.25, 0.3) is 210 Å². The molecule has 22 aromatic rings. The van der Waals surface area contributed by atoms with E-state index in [-0.39, 0.29) is 5.41 Å². The summed E-state index contributed by atoms with van der Waals surface area (Å²) in [6, 6.07) is 146. The molecule has 0 unspecified atom stereocenters. The van der Waals surface area contributed by atoms with Crippen molar-refractivity contribution in [3.05, 3.63) is 434 Å². The third-order valence-electron chi connectivity index (χ3n) is 25.8. The third kappa shape index (κ3) is 10.5. The lowest BCUT2D eigenvalue weighted by Gasteiger charge is -2.34. The largest absolute Gasteiger partial charge is 0.208 e. The van der Waals surface area contributed by atoms with E-state index in [1.54, 1.807) is 0 Å². The third-order valence-corrected chi connectivity index (χ3v) is 25.8. The number of nitrogens with zero attached hydrogens (tertiary/aromatic N) is 6. The van der Waals surface area contributed by atoms with Gasteiger partial charge in [0.1, 0.15) is 0 Å². The van der Waals surface area contributed by atoms with Crippen LogP contribution in [0.15, 0.2) is 400 Å². The van der Waals surface area contributed by atoms with Crippen LogP contribution in [0, 0.1) is 0 Å². The Morgan fingerprint density at radius 3 is 1.07 bits per heavy atom. The SMILES string of the molecule is CC1(C)c2ccccc2-c2cccc(-c3nc(-c4ccccc4)nc(-c4ccc(-c5cc6c7ccccc7c7ccccc7c6c6ccc(-c7cccc8c9cc(-c%10ccc(-c%11nc(-c%12ccccc%12)nc(-c%12ccc%13c(c%12)C(c%12ccccc%12)(c%12ccccc%12)c%12ccccc%12-%13)n%11)cc%10)c%10ccccc%10c9c9ccccc9c78)cc56)cc4)n3)c21. The highest BCUT2D eigenvalue weighted by molar-refractivity contribution is 6.36. The van der Waals surface area contributed by atoms with E-state index in [9.17, 15) is 0 Å². The first-order valence-electron chi connectivity index (χ1n) is 41.3. The van der Waals surface area contributed by atoms with Gasteiger partial charge < -0.3 is 0 Å². The minimum absolute atomic E-state index is 0.277. The molecule has 558 valence electrons. The molecule has 0 spiro atoms. The number of hydrogen-bond acceptors (Lipinski definition) is 6. The molecule has 2 aromatic heterocycles. The molecule has 120 heavy (non-hydrogen) atoms. The van der Waals surface area contributed by atoms with Gasteiger partial charge in [-0.2, -0.15) is 0 Å². The lowest BCUT2D eigenvalue weighted by Crippen LogP contribution is -2.28. The molecular formula is C114H72N6. The Hall–Kier alpha value is -15.5. The van der Waals surface area contributed by atoms with Crippen LogP contribution in [-0.4, -0.2) is 29.9 Å². The van der Waals surface area contributed by atoms with Crippen molar-refractivity contribution < 1.29 is 0 Å². The van der Waals surface area contributed by atoms with Gasteiger partial charge >= 0.3 is 0 Å². The van der Waals surface area contributed by atoms with Crippen LogP contribution in [0.1, 0.15) is 47.2 Å². The van der Waals surface area contributed by atoms with Gasteiger partial charge in [-0.05, 0) is 199 Å². The van der Waals surface area contributed by atoms with Crippen molar-refractivity contribution in [2.24, 2.45) is 0 Å². The van der Waals surface area contributed by atoms with Gasteiger partial charge in [0, 0.05) is 38.8 Å². The average Bonchev–Trinajstić information content (AvgIpc) is 0.980. The Balaban J connectivity index is 0.651. The molecule has 0 aliphatic heterocycles. The molecule has 0 radical (unpaired) electrons. The first kappa shape index (κ1) is 68.9. The van der Waals surface area contributed by atoms with Gasteiger partial charge in [0.15, 0.2) is 34.9 Å². The van der Waals surface area contributed by atoms with Crippen LogP contribution < -0.4 is 0 Å². The van der Waals surface area contributed by atoms with Crippen molar-refractivity contribution in [2.45, 2.75) is 24.7 Å². The molecule has 0 saturated heterocycles. The number of hydrogen-bond donors (Lipinski definition) is 0. The fourth-order valence-corrected chi connectivity index (χ4v) is 20.5. The summed E-state index contributed by atoms with van der Waals surface area (Å²) in [7, 11) is 0. The summed E-state index contributed by atoms with van der Waals surface area (Å²) in [6.45, 7) is 4.64. The monoisotopic (exact) mass is 1520 g/mol. The maximum absolute atomic E-state index is 5.45. The standard InChI is InChI=1S/C114H72N6/c1-113(2)100-51-25-23-42-85(100)93-49-28-50-94(106(93)113)112-119-108(72-31-9-4-10-32-72)116-110(120-112)74-59-55-70(56-60-74)96-68-98-82-39-16-15-37-80(82)81-38-17-19-43-87(81)105(98)92-64-61-75(65-97(92)96)79-47-27-48-91-99-67-95(83-40-18-20-44-88(83)104(99)90-46-22-21-45-89(90)103(79)91)69-53-57-73(58-54-69)109-115-107(71-29-7-3-8-30-71)117-111(118-109)76-62-63-86-84-41-24-26-52-101(84)114(102(86)66-76,77-33-11-5-12-34-77)78-35-13-6-14-36-78/h3-68H,1-2H3. The molecule has 0 N–H and O–H groups in total. The summed E-state index contributed by atoms with van der Waals surface area (Å²) < 4.78 is 0. The van der Waals surface area contributed by atoms with E-state index in [4.69, 9.17) is 29.9 Å². The second kappa shape index (κ2) is 27.0. The maximum Gasteiger partial charge on any atom is 0.164 e. The topological polar surface area (TPSA) is 77.3 Å². The van der Waals surface area contributed by atoms with Crippen LogP contribution >= 0.6 is 0 Å². The number of fused-ring (bicyclic) bond motifs is 22. The fourth-order valence-electron chi connectivity index (χ4n) is 20.5. The summed E-state index contributed by atoms with van der Waals surface area (Å²) >= 11 is 0. The quantitative estimate of drug-likeness (QED) is 0.120. The van der Waals surface area contributed by atoms with Crippen LogP contribution in [0.4, 0.5) is 0 Å². The van der Waals surface area contributed by atoms with Crippen molar-refractivity contribution >= 4 is 86.2 Å². The molecule has 2 heterocycles. The van der Waals surface area contributed by atoms with Crippen molar-refractivity contribution in [1.29, 1.82) is 0 Å². The highest BCUT2D eigenvalue weighted by Crippen LogP contribution is 2.58. The number of aromatic nitrogens is 6. The Morgan fingerprint density at radius 2 is 0.500 bits per heavy atom. The van der Waals surface area contributed by atoms with Crippen molar-refractivity contribution in [3.63, 3.8) is 0 Å². The lowest BCUT2D eigenvalue weighted by atomic mass is 9.67. The zero-order chi connectivity index (χ0) is 79.3. The predicted octanol–water partition coefficient (Wildman–Crippen LogP) is 29.0. The van der Waals surface area contributed by atoms with Gasteiger partial charge in [-0.3, -0.25) is 0 Å².